The van der Waals surface area contributed by atoms with Gasteiger partial charge in [-0.2, -0.15) is 0 Å². The van der Waals surface area contributed by atoms with Gasteiger partial charge in [-0.3, -0.25) is 9.59 Å². The first-order valence-electron chi connectivity index (χ1n) is 9.85. The van der Waals surface area contributed by atoms with Gasteiger partial charge in [-0.25, -0.2) is 0 Å². The number of Topliss-reactive ketones (excluding diaryl/α,β-unsaturated/α-hetero) is 1. The number of rotatable bonds is 7. The molecule has 0 bridgehead atoms. The van der Waals surface area contributed by atoms with Crippen LogP contribution in [-0.4, -0.2) is 34.8 Å². The Hall–Kier alpha value is -2.50. The Labute approximate surface area is 185 Å². The second-order valence-electron chi connectivity index (χ2n) is 7.04. The SMILES string of the molecule is CCCOc1cccc(C2/C(=C(/O)c3ccc(Cl)c(Cl)c3)C(=O)C(=O)N2CCC)c1. The number of ether oxygens (including phenoxy) is 1. The summed E-state index contributed by atoms with van der Waals surface area (Å²) in [5.41, 5.74) is 1.04. The van der Waals surface area contributed by atoms with E-state index in [2.05, 4.69) is 0 Å². The maximum absolute atomic E-state index is 12.9. The molecule has 1 saturated heterocycles. The third-order valence-corrected chi connectivity index (χ3v) is 5.58. The number of nitrogens with zero attached hydrogens (tertiary/aromatic N) is 1. The standard InChI is InChI=1S/C23H23Cl2NO4/c1-3-10-26-20(14-6-5-7-16(12-14)30-11-4-2)19(22(28)23(26)29)21(27)15-8-9-17(24)18(25)13-15/h5-9,12-13,20,27H,3-4,10-11H2,1-2H3/b21-19-. The smallest absolute Gasteiger partial charge is 0.295 e. The summed E-state index contributed by atoms with van der Waals surface area (Å²) in [4.78, 5) is 27.1. The van der Waals surface area contributed by atoms with Crippen LogP contribution in [0.15, 0.2) is 48.0 Å². The largest absolute Gasteiger partial charge is 0.507 e. The molecule has 5 nitrogen and oxygen atoms in total. The van der Waals surface area contributed by atoms with E-state index >= 15 is 0 Å². The molecule has 1 aliphatic rings. The van der Waals surface area contributed by atoms with E-state index < -0.39 is 17.7 Å². The van der Waals surface area contributed by atoms with Crippen molar-refractivity contribution in [2.45, 2.75) is 32.7 Å². The van der Waals surface area contributed by atoms with Crippen LogP contribution in [0.3, 0.4) is 0 Å². The van der Waals surface area contributed by atoms with Gasteiger partial charge in [0, 0.05) is 12.1 Å². The first-order valence-corrected chi connectivity index (χ1v) is 10.6. The number of benzene rings is 2. The summed E-state index contributed by atoms with van der Waals surface area (Å²) in [5.74, 6) is -0.999. The van der Waals surface area contributed by atoms with Gasteiger partial charge in [0.2, 0.25) is 0 Å². The van der Waals surface area contributed by atoms with Crippen molar-refractivity contribution in [1.82, 2.24) is 4.90 Å². The Kier molecular flexibility index (Phi) is 7.06. The maximum atomic E-state index is 12.9. The molecule has 0 aliphatic carbocycles. The molecule has 0 saturated carbocycles. The van der Waals surface area contributed by atoms with Gasteiger partial charge in [-0.05, 0) is 48.7 Å². The zero-order valence-corrected chi connectivity index (χ0v) is 18.3. The van der Waals surface area contributed by atoms with Crippen molar-refractivity contribution in [2.24, 2.45) is 0 Å². The molecule has 3 rings (SSSR count). The molecule has 1 heterocycles. The van der Waals surface area contributed by atoms with Crippen LogP contribution < -0.4 is 4.74 Å². The van der Waals surface area contributed by atoms with Crippen LogP contribution >= 0.6 is 23.2 Å². The molecule has 1 amide bonds. The van der Waals surface area contributed by atoms with E-state index in [4.69, 9.17) is 27.9 Å². The zero-order valence-electron chi connectivity index (χ0n) is 16.8. The van der Waals surface area contributed by atoms with Crippen molar-refractivity contribution >= 4 is 40.7 Å². The zero-order chi connectivity index (χ0) is 21.8. The van der Waals surface area contributed by atoms with Crippen LogP contribution in [0.2, 0.25) is 10.0 Å². The summed E-state index contributed by atoms with van der Waals surface area (Å²) in [7, 11) is 0. The van der Waals surface area contributed by atoms with Gasteiger partial charge in [0.25, 0.3) is 11.7 Å². The van der Waals surface area contributed by atoms with E-state index in [0.29, 0.717) is 41.5 Å². The predicted octanol–water partition coefficient (Wildman–Crippen LogP) is 5.61. The third-order valence-electron chi connectivity index (χ3n) is 4.84. The minimum atomic E-state index is -0.725. The normalized spacial score (nSPS) is 18.1. The lowest BCUT2D eigenvalue weighted by molar-refractivity contribution is -0.139. The predicted molar refractivity (Wildman–Crippen MR) is 118 cm³/mol. The number of amides is 1. The Balaban J connectivity index is 2.15. The van der Waals surface area contributed by atoms with E-state index in [-0.39, 0.29) is 16.4 Å². The Morgan fingerprint density at radius 3 is 2.50 bits per heavy atom. The Bertz CT molecular complexity index is 1000. The molecule has 30 heavy (non-hydrogen) atoms. The van der Waals surface area contributed by atoms with Gasteiger partial charge in [-0.1, -0.05) is 49.2 Å². The average molecular weight is 448 g/mol. The van der Waals surface area contributed by atoms with Crippen molar-refractivity contribution < 1.29 is 19.4 Å². The number of halogens is 2. The van der Waals surface area contributed by atoms with Crippen LogP contribution in [0.5, 0.6) is 5.75 Å². The van der Waals surface area contributed by atoms with Gasteiger partial charge in [0.05, 0.1) is 28.3 Å². The molecule has 2 aromatic carbocycles. The highest BCUT2D eigenvalue weighted by molar-refractivity contribution is 6.46. The molecule has 0 aromatic heterocycles. The second-order valence-corrected chi connectivity index (χ2v) is 7.86. The minimum Gasteiger partial charge on any atom is -0.507 e. The highest BCUT2D eigenvalue weighted by Gasteiger charge is 2.45. The molecule has 158 valence electrons. The van der Waals surface area contributed by atoms with Crippen LogP contribution in [0.1, 0.15) is 43.9 Å². The quantitative estimate of drug-likeness (QED) is 0.340. The molecule has 1 unspecified atom stereocenters. The molecule has 7 heteroatoms. The molecule has 0 spiro atoms. The lowest BCUT2D eigenvalue weighted by Gasteiger charge is -2.25. The summed E-state index contributed by atoms with van der Waals surface area (Å²) in [5, 5.41) is 11.6. The van der Waals surface area contributed by atoms with E-state index in [1.807, 2.05) is 32.0 Å². The van der Waals surface area contributed by atoms with E-state index in [1.54, 1.807) is 12.1 Å². The molecule has 0 radical (unpaired) electrons. The van der Waals surface area contributed by atoms with Gasteiger partial charge >= 0.3 is 0 Å². The lowest BCUT2D eigenvalue weighted by atomic mass is 9.95. The Morgan fingerprint density at radius 2 is 1.83 bits per heavy atom. The van der Waals surface area contributed by atoms with Crippen molar-refractivity contribution in [3.8, 4) is 5.75 Å². The van der Waals surface area contributed by atoms with Crippen LogP contribution in [0.25, 0.3) is 5.76 Å². The number of likely N-dealkylation sites (tertiary alicyclic amines) is 1. The van der Waals surface area contributed by atoms with Gasteiger partial charge in [0.1, 0.15) is 11.5 Å². The number of aliphatic hydroxyl groups is 1. The fraction of sp³-hybridized carbons (Fsp3) is 0.304. The summed E-state index contributed by atoms with van der Waals surface area (Å²) in [6, 6.07) is 11.1. The minimum absolute atomic E-state index is 0.0273. The molecule has 1 aliphatic heterocycles. The number of hydrogen-bond donors (Lipinski definition) is 1. The number of carbonyl (C=O) groups excluding carboxylic acids is 2. The van der Waals surface area contributed by atoms with E-state index in [1.165, 1.54) is 17.0 Å². The highest BCUT2D eigenvalue weighted by atomic mass is 35.5. The number of aliphatic hydroxyl groups excluding tert-OH is 1. The van der Waals surface area contributed by atoms with Crippen molar-refractivity contribution in [1.29, 1.82) is 0 Å². The molecule has 1 atom stereocenters. The summed E-state index contributed by atoms with van der Waals surface area (Å²) in [6.45, 7) is 4.88. The lowest BCUT2D eigenvalue weighted by Crippen LogP contribution is -2.30. The van der Waals surface area contributed by atoms with Crippen molar-refractivity contribution in [3.05, 3.63) is 69.2 Å². The number of hydrogen-bond acceptors (Lipinski definition) is 4. The first-order chi connectivity index (χ1) is 14.4. The monoisotopic (exact) mass is 447 g/mol. The fourth-order valence-electron chi connectivity index (χ4n) is 3.49. The van der Waals surface area contributed by atoms with Crippen molar-refractivity contribution in [2.75, 3.05) is 13.2 Å². The fourth-order valence-corrected chi connectivity index (χ4v) is 3.79. The van der Waals surface area contributed by atoms with E-state index in [0.717, 1.165) is 6.42 Å². The molecule has 2 aromatic rings. The maximum Gasteiger partial charge on any atom is 0.295 e. The van der Waals surface area contributed by atoms with Crippen molar-refractivity contribution in [3.63, 3.8) is 0 Å². The second kappa shape index (κ2) is 9.54. The topological polar surface area (TPSA) is 66.8 Å². The number of carbonyl (C=O) groups is 2. The first kappa shape index (κ1) is 22.2. The van der Waals surface area contributed by atoms with Gasteiger partial charge < -0.3 is 14.7 Å². The van der Waals surface area contributed by atoms with Gasteiger partial charge in [0.15, 0.2) is 0 Å². The average Bonchev–Trinajstić information content (AvgIpc) is 2.99. The van der Waals surface area contributed by atoms with Crippen LogP contribution in [0.4, 0.5) is 0 Å². The van der Waals surface area contributed by atoms with Crippen LogP contribution in [0, 0.1) is 0 Å². The third kappa shape index (κ3) is 4.32. The molecule has 1 N–H and O–H groups in total. The molecule has 1 fully saturated rings. The Morgan fingerprint density at radius 1 is 1.07 bits per heavy atom. The summed E-state index contributed by atoms with van der Waals surface area (Å²) in [6.07, 6.45) is 1.53. The summed E-state index contributed by atoms with van der Waals surface area (Å²) >= 11 is 12.1. The number of ketones is 1. The van der Waals surface area contributed by atoms with E-state index in [9.17, 15) is 14.7 Å². The van der Waals surface area contributed by atoms with Gasteiger partial charge in [-0.15, -0.1) is 0 Å². The van der Waals surface area contributed by atoms with Crippen LogP contribution in [-0.2, 0) is 9.59 Å². The molecular weight excluding hydrogens is 425 g/mol. The summed E-state index contributed by atoms with van der Waals surface area (Å²) < 4.78 is 5.71. The highest BCUT2D eigenvalue weighted by Crippen LogP contribution is 2.40. The molecular formula is C23H23Cl2NO4.